The highest BCUT2D eigenvalue weighted by Crippen LogP contribution is 2.21. The molecule has 1 fully saturated rings. The van der Waals surface area contributed by atoms with Crippen molar-refractivity contribution in [3.8, 4) is 17.0 Å². The van der Waals surface area contributed by atoms with E-state index < -0.39 is 0 Å². The fourth-order valence-corrected chi connectivity index (χ4v) is 3.45. The summed E-state index contributed by atoms with van der Waals surface area (Å²) in [5, 5.41) is 8.80. The van der Waals surface area contributed by atoms with Crippen LogP contribution in [0.15, 0.2) is 60.7 Å². The molecule has 1 aliphatic rings. The molecule has 0 bridgehead atoms. The van der Waals surface area contributed by atoms with Crippen molar-refractivity contribution in [1.82, 2.24) is 15.1 Å². The molecule has 0 atom stereocenters. The van der Waals surface area contributed by atoms with E-state index in [1.807, 2.05) is 35.2 Å². The van der Waals surface area contributed by atoms with Crippen LogP contribution in [0.4, 0.5) is 5.82 Å². The monoisotopic (exact) mass is 388 g/mol. The largest absolute Gasteiger partial charge is 0.497 e. The lowest BCUT2D eigenvalue weighted by Crippen LogP contribution is -2.49. The molecule has 1 aromatic heterocycles. The van der Waals surface area contributed by atoms with Crippen LogP contribution < -0.4 is 9.64 Å². The quantitative estimate of drug-likeness (QED) is 0.685. The molecule has 1 amide bonds. The van der Waals surface area contributed by atoms with Crippen LogP contribution in [-0.4, -0.2) is 54.3 Å². The highest BCUT2D eigenvalue weighted by atomic mass is 16.5. The maximum Gasteiger partial charge on any atom is 0.254 e. The van der Waals surface area contributed by atoms with Gasteiger partial charge in [0.25, 0.3) is 5.91 Å². The summed E-state index contributed by atoms with van der Waals surface area (Å²) in [5.41, 5.74) is 3.80. The summed E-state index contributed by atoms with van der Waals surface area (Å²) in [6.07, 6.45) is 0. The molecule has 29 heavy (non-hydrogen) atoms. The molecule has 6 heteroatoms. The molecule has 148 valence electrons. The fourth-order valence-electron chi connectivity index (χ4n) is 3.45. The minimum atomic E-state index is 0.0318. The van der Waals surface area contributed by atoms with Crippen LogP contribution in [0.5, 0.6) is 5.75 Å². The van der Waals surface area contributed by atoms with E-state index in [1.165, 1.54) is 5.56 Å². The van der Waals surface area contributed by atoms with Crippen LogP contribution in [0.3, 0.4) is 0 Å². The molecular formula is C23H24N4O2. The molecule has 1 aliphatic heterocycles. The Labute approximate surface area is 170 Å². The van der Waals surface area contributed by atoms with E-state index in [2.05, 4.69) is 46.3 Å². The van der Waals surface area contributed by atoms with E-state index in [-0.39, 0.29) is 5.91 Å². The lowest BCUT2D eigenvalue weighted by atomic mass is 10.1. The maximum absolute atomic E-state index is 12.8. The predicted molar refractivity (Wildman–Crippen MR) is 113 cm³/mol. The molecule has 4 rings (SSSR count). The first-order valence-electron chi connectivity index (χ1n) is 9.73. The number of piperazine rings is 1. The maximum atomic E-state index is 12.8. The first kappa shape index (κ1) is 18.9. The molecule has 2 heterocycles. The number of rotatable bonds is 4. The Hall–Kier alpha value is -3.41. The summed E-state index contributed by atoms with van der Waals surface area (Å²) in [4.78, 5) is 16.8. The number of ether oxygens (including phenoxy) is 1. The SMILES string of the molecule is COc1cccc(C(=O)N2CCN(c3ccc(-c4ccc(C)cc4)nn3)CC2)c1. The Balaban J connectivity index is 1.39. The van der Waals surface area contributed by atoms with Gasteiger partial charge in [0, 0.05) is 37.3 Å². The van der Waals surface area contributed by atoms with Crippen LogP contribution in [0.25, 0.3) is 11.3 Å². The standard InChI is InChI=1S/C23H24N4O2/c1-17-6-8-18(9-7-17)21-10-11-22(25-24-21)26-12-14-27(15-13-26)23(28)19-4-3-5-20(16-19)29-2/h3-11,16H,12-15H2,1-2H3. The fraction of sp³-hybridized carbons (Fsp3) is 0.261. The second-order valence-corrected chi connectivity index (χ2v) is 7.15. The minimum absolute atomic E-state index is 0.0318. The smallest absolute Gasteiger partial charge is 0.254 e. The van der Waals surface area contributed by atoms with Crippen molar-refractivity contribution in [2.24, 2.45) is 0 Å². The molecule has 0 saturated carbocycles. The van der Waals surface area contributed by atoms with Crippen LogP contribution in [-0.2, 0) is 0 Å². The molecule has 0 unspecified atom stereocenters. The number of anilines is 1. The summed E-state index contributed by atoms with van der Waals surface area (Å²) >= 11 is 0. The number of hydrogen-bond acceptors (Lipinski definition) is 5. The number of benzene rings is 2. The zero-order valence-electron chi connectivity index (χ0n) is 16.7. The number of nitrogens with zero attached hydrogens (tertiary/aromatic N) is 4. The lowest BCUT2D eigenvalue weighted by molar-refractivity contribution is 0.0746. The van der Waals surface area contributed by atoms with Gasteiger partial charge in [-0.25, -0.2) is 0 Å². The van der Waals surface area contributed by atoms with Gasteiger partial charge in [-0.1, -0.05) is 35.9 Å². The van der Waals surface area contributed by atoms with Crippen molar-refractivity contribution < 1.29 is 9.53 Å². The molecule has 1 saturated heterocycles. The first-order valence-corrected chi connectivity index (χ1v) is 9.73. The van der Waals surface area contributed by atoms with Gasteiger partial charge in [-0.15, -0.1) is 10.2 Å². The molecular weight excluding hydrogens is 364 g/mol. The summed E-state index contributed by atoms with van der Waals surface area (Å²) in [6, 6.07) is 19.6. The number of aryl methyl sites for hydroxylation is 1. The van der Waals surface area contributed by atoms with Crippen molar-refractivity contribution in [1.29, 1.82) is 0 Å². The average molecular weight is 388 g/mol. The Bertz CT molecular complexity index is 979. The number of carbonyl (C=O) groups excluding carboxylic acids is 1. The molecule has 0 radical (unpaired) electrons. The van der Waals surface area contributed by atoms with Gasteiger partial charge < -0.3 is 14.5 Å². The number of methoxy groups -OCH3 is 1. The van der Waals surface area contributed by atoms with Crippen molar-refractivity contribution in [3.63, 3.8) is 0 Å². The zero-order valence-corrected chi connectivity index (χ0v) is 16.7. The number of aromatic nitrogens is 2. The van der Waals surface area contributed by atoms with Crippen LogP contribution in [0.1, 0.15) is 15.9 Å². The highest BCUT2D eigenvalue weighted by molar-refractivity contribution is 5.94. The normalized spacial score (nSPS) is 14.0. The molecule has 3 aromatic rings. The van der Waals surface area contributed by atoms with Gasteiger partial charge in [0.2, 0.25) is 0 Å². The van der Waals surface area contributed by atoms with Gasteiger partial charge in [-0.2, -0.15) is 0 Å². The van der Waals surface area contributed by atoms with Gasteiger partial charge in [-0.05, 0) is 37.3 Å². The first-order chi connectivity index (χ1) is 14.1. The van der Waals surface area contributed by atoms with Gasteiger partial charge in [0.05, 0.1) is 12.8 Å². The van der Waals surface area contributed by atoms with E-state index in [0.717, 1.165) is 30.2 Å². The Morgan fingerprint density at radius 3 is 2.34 bits per heavy atom. The van der Waals surface area contributed by atoms with Crippen LogP contribution >= 0.6 is 0 Å². The minimum Gasteiger partial charge on any atom is -0.497 e. The van der Waals surface area contributed by atoms with E-state index in [1.54, 1.807) is 13.2 Å². The average Bonchev–Trinajstić information content (AvgIpc) is 2.79. The Kier molecular flexibility index (Phi) is 5.42. The number of amides is 1. The van der Waals surface area contributed by atoms with E-state index in [4.69, 9.17) is 4.74 Å². The number of carbonyl (C=O) groups is 1. The molecule has 2 aromatic carbocycles. The molecule has 0 aliphatic carbocycles. The van der Waals surface area contributed by atoms with Gasteiger partial charge in [-0.3, -0.25) is 4.79 Å². The summed E-state index contributed by atoms with van der Waals surface area (Å²) in [6.45, 7) is 4.83. The molecule has 6 nitrogen and oxygen atoms in total. The molecule has 0 spiro atoms. The van der Waals surface area contributed by atoms with E-state index in [0.29, 0.717) is 24.4 Å². The topological polar surface area (TPSA) is 58.6 Å². The van der Waals surface area contributed by atoms with Crippen LogP contribution in [0.2, 0.25) is 0 Å². The Morgan fingerprint density at radius 1 is 0.931 bits per heavy atom. The zero-order chi connectivity index (χ0) is 20.2. The van der Waals surface area contributed by atoms with E-state index >= 15 is 0 Å². The summed E-state index contributed by atoms with van der Waals surface area (Å²) in [5.74, 6) is 1.57. The lowest BCUT2D eigenvalue weighted by Gasteiger charge is -2.35. The summed E-state index contributed by atoms with van der Waals surface area (Å²) < 4.78 is 5.22. The predicted octanol–water partition coefficient (Wildman–Crippen LogP) is 3.42. The van der Waals surface area contributed by atoms with Gasteiger partial charge >= 0.3 is 0 Å². The Morgan fingerprint density at radius 2 is 1.69 bits per heavy atom. The third-order valence-corrected chi connectivity index (χ3v) is 5.21. The van der Waals surface area contributed by atoms with Crippen molar-refractivity contribution >= 4 is 11.7 Å². The third-order valence-electron chi connectivity index (χ3n) is 5.21. The second-order valence-electron chi connectivity index (χ2n) is 7.15. The van der Waals surface area contributed by atoms with Crippen molar-refractivity contribution in [2.45, 2.75) is 6.92 Å². The number of hydrogen-bond donors (Lipinski definition) is 0. The van der Waals surface area contributed by atoms with E-state index in [9.17, 15) is 4.79 Å². The highest BCUT2D eigenvalue weighted by Gasteiger charge is 2.23. The third kappa shape index (κ3) is 4.21. The van der Waals surface area contributed by atoms with Gasteiger partial charge in [0.15, 0.2) is 5.82 Å². The van der Waals surface area contributed by atoms with Crippen molar-refractivity contribution in [3.05, 3.63) is 71.8 Å². The summed E-state index contributed by atoms with van der Waals surface area (Å²) in [7, 11) is 1.60. The second kappa shape index (κ2) is 8.31. The van der Waals surface area contributed by atoms with Crippen LogP contribution in [0, 0.1) is 6.92 Å². The van der Waals surface area contributed by atoms with Gasteiger partial charge in [0.1, 0.15) is 5.75 Å². The van der Waals surface area contributed by atoms with Crippen molar-refractivity contribution in [2.75, 3.05) is 38.2 Å². The molecule has 0 N–H and O–H groups in total.